The van der Waals surface area contributed by atoms with E-state index in [9.17, 15) is 14.4 Å². The molecule has 1 N–H and O–H groups in total. The highest BCUT2D eigenvalue weighted by molar-refractivity contribution is 7.22. The first-order chi connectivity index (χ1) is 18.9. The molecule has 206 valence electrons. The number of imide groups is 1. The van der Waals surface area contributed by atoms with Crippen LogP contribution in [0.4, 0.5) is 5.82 Å². The number of hydrogen-bond donors (Lipinski definition) is 1. The van der Waals surface area contributed by atoms with Crippen molar-refractivity contribution in [1.82, 2.24) is 20.2 Å². The lowest BCUT2D eigenvalue weighted by Crippen LogP contribution is -2.29. The summed E-state index contributed by atoms with van der Waals surface area (Å²) in [6.45, 7) is 3.87. The molecule has 3 aromatic heterocycles. The van der Waals surface area contributed by atoms with Gasteiger partial charge in [0, 0.05) is 31.0 Å². The van der Waals surface area contributed by atoms with E-state index < -0.39 is 11.8 Å². The maximum absolute atomic E-state index is 12.4. The molecule has 2 aliphatic rings. The zero-order valence-electron chi connectivity index (χ0n) is 21.8. The monoisotopic (exact) mass is 595 g/mol. The van der Waals surface area contributed by atoms with E-state index in [1.165, 1.54) is 17.4 Å². The summed E-state index contributed by atoms with van der Waals surface area (Å²) < 4.78 is 5.89. The number of likely N-dealkylation sites (N-methyl/N-ethyl adjacent to an activating group) is 1. The molecule has 12 heteroatoms. The van der Waals surface area contributed by atoms with Crippen molar-refractivity contribution in [2.75, 3.05) is 31.6 Å². The molecule has 6 rings (SSSR count). The van der Waals surface area contributed by atoms with Crippen LogP contribution < -0.4 is 15.0 Å². The summed E-state index contributed by atoms with van der Waals surface area (Å²) in [6.07, 6.45) is 2.84. The summed E-state index contributed by atoms with van der Waals surface area (Å²) in [5.74, 6) is 1.18. The van der Waals surface area contributed by atoms with Crippen molar-refractivity contribution in [3.63, 3.8) is 0 Å². The predicted molar refractivity (Wildman–Crippen MR) is 159 cm³/mol. The Morgan fingerprint density at radius 2 is 1.93 bits per heavy atom. The van der Waals surface area contributed by atoms with Crippen LogP contribution in [0.2, 0.25) is 0 Å². The van der Waals surface area contributed by atoms with Gasteiger partial charge in [0.2, 0.25) is 5.91 Å². The zero-order valence-corrected chi connectivity index (χ0v) is 24.3. The number of benzene rings is 1. The summed E-state index contributed by atoms with van der Waals surface area (Å²) in [6, 6.07) is 11.8. The molecular formula is C28H26ClN5O4S2. The molecule has 0 radical (unpaired) electrons. The molecule has 9 nitrogen and oxygen atoms in total. The number of aryl methyl sites for hydroxylation is 1. The number of nitrogens with one attached hydrogen (secondary N) is 1. The molecule has 1 aromatic carbocycles. The van der Waals surface area contributed by atoms with E-state index in [-0.39, 0.29) is 24.0 Å². The first-order valence-electron chi connectivity index (χ1n) is 12.6. The molecule has 1 fully saturated rings. The van der Waals surface area contributed by atoms with Crippen molar-refractivity contribution in [2.45, 2.75) is 19.8 Å². The van der Waals surface area contributed by atoms with Gasteiger partial charge in [-0.15, -0.1) is 35.1 Å². The normalized spacial score (nSPS) is 14.9. The Labute approximate surface area is 244 Å². The fourth-order valence-electron chi connectivity index (χ4n) is 4.83. The maximum Gasteiger partial charge on any atom is 0.274 e. The first kappa shape index (κ1) is 27.8. The maximum atomic E-state index is 12.4. The summed E-state index contributed by atoms with van der Waals surface area (Å²) >= 11 is 3.10. The Hall–Kier alpha value is -3.80. The number of likely N-dealkylation sites (tertiary alicyclic amines) is 1. The summed E-state index contributed by atoms with van der Waals surface area (Å²) in [4.78, 5) is 52.1. The van der Waals surface area contributed by atoms with Gasteiger partial charge in [0.15, 0.2) is 5.82 Å². The van der Waals surface area contributed by atoms with Gasteiger partial charge >= 0.3 is 0 Å². The number of halogens is 1. The number of carbonyl (C=O) groups excluding carboxylic acids is 3. The fraction of sp³-hybridized carbons (Fsp3) is 0.250. The molecule has 0 spiro atoms. The Morgan fingerprint density at radius 1 is 1.12 bits per heavy atom. The van der Waals surface area contributed by atoms with Crippen molar-refractivity contribution >= 4 is 68.8 Å². The van der Waals surface area contributed by atoms with Gasteiger partial charge in [-0.05, 0) is 60.2 Å². The SMILES string of the molecule is Cc1c(-c2ccc(OCCN3CCCC3=O)cc2)sc2nc(-c3cccs3)nc(N(C)C3=CC(=O)NC3=O)c12.Cl. The van der Waals surface area contributed by atoms with Crippen molar-refractivity contribution in [1.29, 1.82) is 0 Å². The van der Waals surface area contributed by atoms with Gasteiger partial charge in [0.05, 0.1) is 16.8 Å². The van der Waals surface area contributed by atoms with Gasteiger partial charge in [-0.25, -0.2) is 9.97 Å². The molecule has 4 aromatic rings. The molecule has 0 unspecified atom stereocenters. The first-order valence-corrected chi connectivity index (χ1v) is 14.3. The van der Waals surface area contributed by atoms with Crippen LogP contribution in [0.15, 0.2) is 53.6 Å². The van der Waals surface area contributed by atoms with Crippen LogP contribution in [0.3, 0.4) is 0 Å². The summed E-state index contributed by atoms with van der Waals surface area (Å²) in [5, 5.41) is 5.11. The number of hydrogen-bond acceptors (Lipinski definition) is 9. The smallest absolute Gasteiger partial charge is 0.274 e. The minimum atomic E-state index is -0.454. The number of aromatic nitrogens is 2. The highest BCUT2D eigenvalue weighted by atomic mass is 35.5. The Kier molecular flexibility index (Phi) is 7.88. The van der Waals surface area contributed by atoms with E-state index in [1.54, 1.807) is 23.3 Å². The molecule has 2 aliphatic heterocycles. The number of rotatable bonds is 8. The average molecular weight is 596 g/mol. The molecule has 0 bridgehead atoms. The second-order valence-electron chi connectivity index (χ2n) is 9.35. The van der Waals surface area contributed by atoms with Gasteiger partial charge in [0.1, 0.15) is 28.7 Å². The predicted octanol–water partition coefficient (Wildman–Crippen LogP) is 4.79. The lowest BCUT2D eigenvalue weighted by atomic mass is 10.1. The molecule has 3 amide bonds. The van der Waals surface area contributed by atoms with Crippen LogP contribution in [0.25, 0.3) is 31.4 Å². The molecule has 0 aliphatic carbocycles. The lowest BCUT2D eigenvalue weighted by Gasteiger charge is -2.19. The van der Waals surface area contributed by atoms with E-state index in [0.717, 1.165) is 49.8 Å². The third-order valence-electron chi connectivity index (χ3n) is 6.85. The van der Waals surface area contributed by atoms with Crippen LogP contribution in [0.5, 0.6) is 5.75 Å². The van der Waals surface area contributed by atoms with Crippen molar-refractivity contribution in [3.8, 4) is 26.9 Å². The number of nitrogens with zero attached hydrogens (tertiary/aromatic N) is 4. The minimum Gasteiger partial charge on any atom is -0.492 e. The number of ether oxygens (including phenoxy) is 1. The topological polar surface area (TPSA) is 105 Å². The van der Waals surface area contributed by atoms with Gasteiger partial charge in [-0.1, -0.05) is 6.07 Å². The molecule has 1 saturated heterocycles. The number of anilines is 1. The van der Waals surface area contributed by atoms with E-state index in [1.807, 2.05) is 53.6 Å². The van der Waals surface area contributed by atoms with E-state index >= 15 is 0 Å². The number of thiophene rings is 2. The van der Waals surface area contributed by atoms with Crippen LogP contribution in [0, 0.1) is 6.92 Å². The van der Waals surface area contributed by atoms with E-state index in [4.69, 9.17) is 14.7 Å². The number of carbonyl (C=O) groups is 3. The Morgan fingerprint density at radius 3 is 2.58 bits per heavy atom. The number of amides is 3. The van der Waals surface area contributed by atoms with Crippen LogP contribution >= 0.6 is 35.1 Å². The Balaban J connectivity index is 0.00000323. The standard InChI is InChI=1S/C28H25N5O4S2.ClH/c1-16-23-26(32(2)19-15-21(34)29-27(19)36)30-25(20-5-4-14-38-20)31-28(23)39-24(16)17-7-9-18(10-8-17)37-13-12-33-11-3-6-22(33)35;/h4-5,7-10,14-15H,3,6,11-13H2,1-2H3,(H,29,34,36);1H. The second kappa shape index (κ2) is 11.4. The van der Waals surface area contributed by atoms with E-state index in [0.29, 0.717) is 31.2 Å². The zero-order chi connectivity index (χ0) is 27.1. The van der Waals surface area contributed by atoms with Crippen LogP contribution in [0.1, 0.15) is 18.4 Å². The molecule has 40 heavy (non-hydrogen) atoms. The Bertz CT molecular complexity index is 1630. The second-order valence-corrected chi connectivity index (χ2v) is 11.3. The quantitative estimate of drug-likeness (QED) is 0.292. The van der Waals surface area contributed by atoms with Gasteiger partial charge in [0.25, 0.3) is 11.8 Å². The van der Waals surface area contributed by atoms with Crippen molar-refractivity contribution in [3.05, 3.63) is 59.1 Å². The summed E-state index contributed by atoms with van der Waals surface area (Å²) in [7, 11) is 1.74. The fourth-order valence-corrected chi connectivity index (χ4v) is 6.67. The van der Waals surface area contributed by atoms with E-state index in [2.05, 4.69) is 5.32 Å². The molecule has 5 heterocycles. The van der Waals surface area contributed by atoms with Crippen LogP contribution in [-0.4, -0.2) is 59.3 Å². The van der Waals surface area contributed by atoms with Gasteiger partial charge < -0.3 is 14.5 Å². The molecule has 0 saturated carbocycles. The third-order valence-corrected chi connectivity index (χ3v) is 8.95. The highest BCUT2D eigenvalue weighted by Crippen LogP contribution is 2.43. The van der Waals surface area contributed by atoms with Crippen LogP contribution in [-0.2, 0) is 14.4 Å². The molecule has 0 atom stereocenters. The lowest BCUT2D eigenvalue weighted by molar-refractivity contribution is -0.128. The van der Waals surface area contributed by atoms with Crippen molar-refractivity contribution < 1.29 is 19.1 Å². The highest BCUT2D eigenvalue weighted by Gasteiger charge is 2.29. The average Bonchev–Trinajstić information content (AvgIpc) is 3.73. The minimum absolute atomic E-state index is 0. The van der Waals surface area contributed by atoms with Gasteiger partial charge in [-0.2, -0.15) is 0 Å². The molecular weight excluding hydrogens is 570 g/mol. The number of fused-ring (bicyclic) bond motifs is 1. The van der Waals surface area contributed by atoms with Crippen molar-refractivity contribution in [2.24, 2.45) is 0 Å². The van der Waals surface area contributed by atoms with Gasteiger partial charge in [-0.3, -0.25) is 19.7 Å². The largest absolute Gasteiger partial charge is 0.492 e. The third kappa shape index (κ3) is 5.19. The summed E-state index contributed by atoms with van der Waals surface area (Å²) in [5.41, 5.74) is 2.24.